The number of phenolic OH excluding ortho intramolecular Hbond substituents is 1. The predicted molar refractivity (Wildman–Crippen MR) is 144 cm³/mol. The smallest absolute Gasteiger partial charge is 0.331 e. The zero-order chi connectivity index (χ0) is 26.0. The third kappa shape index (κ3) is 3.22. The van der Waals surface area contributed by atoms with E-state index in [-0.39, 0.29) is 11.3 Å². The van der Waals surface area contributed by atoms with Gasteiger partial charge in [-0.2, -0.15) is 0 Å². The van der Waals surface area contributed by atoms with Crippen LogP contribution in [0.5, 0.6) is 11.5 Å². The minimum atomic E-state index is -0.467. The molecule has 0 fully saturated rings. The van der Waals surface area contributed by atoms with Crippen LogP contribution in [0.25, 0.3) is 27.8 Å². The predicted octanol–water partition coefficient (Wildman–Crippen LogP) is 4.23. The number of hydrogen-bond donors (Lipinski definition) is 2. The van der Waals surface area contributed by atoms with Gasteiger partial charge in [0, 0.05) is 14.1 Å². The molecule has 37 heavy (non-hydrogen) atoms. The Morgan fingerprint density at radius 3 is 2.46 bits per heavy atom. The third-order valence-corrected chi connectivity index (χ3v) is 7.15. The maximum Gasteiger partial charge on any atom is 0.331 e. The van der Waals surface area contributed by atoms with Crippen molar-refractivity contribution in [1.29, 1.82) is 0 Å². The number of aromatic nitrogens is 3. The molecule has 0 bridgehead atoms. The van der Waals surface area contributed by atoms with Gasteiger partial charge in [0.2, 0.25) is 0 Å². The van der Waals surface area contributed by atoms with Crippen molar-refractivity contribution < 1.29 is 9.84 Å². The SMILES string of the molecule is COc1ccc(C2Nc3ccccc3-n3c(-c4cccc(C)c4)c4c(=O)n(C)c(=O)n(C)c4c32)cc1O. The summed E-state index contributed by atoms with van der Waals surface area (Å²) in [7, 11) is 4.70. The summed E-state index contributed by atoms with van der Waals surface area (Å²) in [6, 6.07) is 20.7. The molecule has 8 nitrogen and oxygen atoms in total. The van der Waals surface area contributed by atoms with Gasteiger partial charge in [-0.15, -0.1) is 0 Å². The Hall–Kier alpha value is -4.72. The van der Waals surface area contributed by atoms with Crippen LogP contribution in [0.3, 0.4) is 0 Å². The number of nitrogens with one attached hydrogen (secondary N) is 1. The number of para-hydroxylation sites is 2. The zero-order valence-corrected chi connectivity index (χ0v) is 20.9. The Bertz CT molecular complexity index is 1840. The Kier molecular flexibility index (Phi) is 5.01. The fraction of sp³-hybridized carbons (Fsp3) is 0.172. The second kappa shape index (κ2) is 8.16. The monoisotopic (exact) mass is 494 g/mol. The van der Waals surface area contributed by atoms with Crippen LogP contribution in [0.2, 0.25) is 0 Å². The number of benzene rings is 3. The number of aromatic hydroxyl groups is 1. The molecule has 0 amide bonds. The topological polar surface area (TPSA) is 90.4 Å². The summed E-state index contributed by atoms with van der Waals surface area (Å²) >= 11 is 0. The summed E-state index contributed by atoms with van der Waals surface area (Å²) in [6.45, 7) is 2.01. The van der Waals surface area contributed by atoms with Crippen molar-refractivity contribution in [2.45, 2.75) is 13.0 Å². The van der Waals surface area contributed by atoms with Crippen LogP contribution in [-0.2, 0) is 14.1 Å². The number of rotatable bonds is 3. The van der Waals surface area contributed by atoms with Crippen LogP contribution in [0.4, 0.5) is 5.69 Å². The minimum absolute atomic E-state index is 0.00628. The van der Waals surface area contributed by atoms with Crippen LogP contribution in [-0.4, -0.2) is 25.9 Å². The van der Waals surface area contributed by atoms with Crippen molar-refractivity contribution in [3.05, 3.63) is 104 Å². The third-order valence-electron chi connectivity index (χ3n) is 7.15. The largest absolute Gasteiger partial charge is 0.504 e. The molecule has 0 radical (unpaired) electrons. The Balaban J connectivity index is 1.83. The van der Waals surface area contributed by atoms with Crippen molar-refractivity contribution in [1.82, 2.24) is 13.7 Å². The molecule has 5 aromatic rings. The van der Waals surface area contributed by atoms with Gasteiger partial charge in [0.05, 0.1) is 46.8 Å². The number of nitrogens with zero attached hydrogens (tertiary/aromatic N) is 3. The number of anilines is 1. The Labute approximate surface area is 212 Å². The van der Waals surface area contributed by atoms with Crippen molar-refractivity contribution in [3.63, 3.8) is 0 Å². The van der Waals surface area contributed by atoms with Crippen molar-refractivity contribution in [3.8, 4) is 28.4 Å². The quantitative estimate of drug-likeness (QED) is 0.392. The van der Waals surface area contributed by atoms with Crippen LogP contribution in [0.15, 0.2) is 76.3 Å². The lowest BCUT2D eigenvalue weighted by atomic mass is 9.99. The zero-order valence-electron chi connectivity index (χ0n) is 20.9. The highest BCUT2D eigenvalue weighted by atomic mass is 16.5. The number of phenols is 1. The first kappa shape index (κ1) is 22.7. The normalized spacial score (nSPS) is 14.2. The lowest BCUT2D eigenvalue weighted by Gasteiger charge is -2.31. The first-order valence-corrected chi connectivity index (χ1v) is 12.0. The standard InChI is InChI=1S/C29H26N4O4/c1-16-8-7-9-18(14-16)25-23-26(31(2)29(36)32(3)28(23)35)27-24(17-12-13-22(37-4)21(34)15-17)30-19-10-5-6-11-20(19)33(25)27/h5-15,24,30,34H,1-4H3. The lowest BCUT2D eigenvalue weighted by Crippen LogP contribution is -2.37. The second-order valence-electron chi connectivity index (χ2n) is 9.39. The first-order chi connectivity index (χ1) is 17.8. The number of ether oxygens (including phenoxy) is 1. The summed E-state index contributed by atoms with van der Waals surface area (Å²) < 4.78 is 10.0. The maximum atomic E-state index is 13.8. The molecule has 8 heteroatoms. The van der Waals surface area contributed by atoms with Crippen molar-refractivity contribution in [2.75, 3.05) is 12.4 Å². The maximum absolute atomic E-state index is 13.8. The second-order valence-corrected chi connectivity index (χ2v) is 9.39. The van der Waals surface area contributed by atoms with E-state index in [4.69, 9.17) is 4.74 Å². The van der Waals surface area contributed by atoms with E-state index in [9.17, 15) is 14.7 Å². The molecule has 0 saturated carbocycles. The molecule has 0 aliphatic carbocycles. The van der Waals surface area contributed by atoms with Crippen LogP contribution >= 0.6 is 0 Å². The molecule has 1 atom stereocenters. The molecule has 1 unspecified atom stereocenters. The molecule has 3 aromatic carbocycles. The van der Waals surface area contributed by atoms with Crippen molar-refractivity contribution >= 4 is 16.6 Å². The van der Waals surface area contributed by atoms with Crippen LogP contribution < -0.4 is 21.3 Å². The Morgan fingerprint density at radius 2 is 1.73 bits per heavy atom. The highest BCUT2D eigenvalue weighted by Gasteiger charge is 2.35. The molecule has 2 aromatic heterocycles. The number of aryl methyl sites for hydroxylation is 2. The Morgan fingerprint density at radius 1 is 0.946 bits per heavy atom. The van der Waals surface area contributed by atoms with Gasteiger partial charge in [-0.3, -0.25) is 13.9 Å². The van der Waals surface area contributed by atoms with Crippen LogP contribution in [0, 0.1) is 6.92 Å². The fourth-order valence-corrected chi connectivity index (χ4v) is 5.42. The molecule has 3 heterocycles. The molecule has 2 N–H and O–H groups in total. The van der Waals surface area contributed by atoms with Gasteiger partial charge in [-0.1, -0.05) is 42.0 Å². The van der Waals surface area contributed by atoms with E-state index in [2.05, 4.69) is 9.88 Å². The summed E-state index contributed by atoms with van der Waals surface area (Å²) in [6.07, 6.45) is 0. The molecule has 1 aliphatic rings. The molecule has 1 aliphatic heterocycles. The van der Waals surface area contributed by atoms with Gasteiger partial charge in [-0.25, -0.2) is 4.79 Å². The molecule has 6 rings (SSSR count). The summed E-state index contributed by atoms with van der Waals surface area (Å²) in [4.78, 5) is 26.9. The highest BCUT2D eigenvalue weighted by molar-refractivity contribution is 5.99. The number of hydrogen-bond acceptors (Lipinski definition) is 5. The van der Waals surface area contributed by atoms with E-state index in [0.717, 1.165) is 44.0 Å². The molecular formula is C29H26N4O4. The molecule has 186 valence electrons. The van der Waals surface area contributed by atoms with Gasteiger partial charge in [-0.05, 0) is 48.4 Å². The summed E-state index contributed by atoms with van der Waals surface area (Å²) in [5.74, 6) is 0.369. The first-order valence-electron chi connectivity index (χ1n) is 12.0. The number of fused-ring (bicyclic) bond motifs is 5. The van der Waals surface area contributed by atoms with E-state index in [1.807, 2.05) is 61.5 Å². The van der Waals surface area contributed by atoms with E-state index < -0.39 is 11.7 Å². The molecular weight excluding hydrogens is 468 g/mol. The van der Waals surface area contributed by atoms with E-state index in [1.165, 1.54) is 18.7 Å². The summed E-state index contributed by atoms with van der Waals surface area (Å²) in [5, 5.41) is 14.7. The number of methoxy groups -OCH3 is 1. The average Bonchev–Trinajstić information content (AvgIpc) is 3.27. The highest BCUT2D eigenvalue weighted by Crippen LogP contribution is 2.46. The van der Waals surface area contributed by atoms with Gasteiger partial charge >= 0.3 is 5.69 Å². The van der Waals surface area contributed by atoms with E-state index in [0.29, 0.717) is 16.7 Å². The summed E-state index contributed by atoms with van der Waals surface area (Å²) in [5.41, 5.74) is 5.68. The van der Waals surface area contributed by atoms with Crippen LogP contribution in [0.1, 0.15) is 22.9 Å². The molecule has 0 spiro atoms. The van der Waals surface area contributed by atoms with E-state index in [1.54, 1.807) is 19.2 Å². The van der Waals surface area contributed by atoms with Gasteiger partial charge in [0.25, 0.3) is 5.56 Å². The van der Waals surface area contributed by atoms with Gasteiger partial charge in [0.1, 0.15) is 0 Å². The van der Waals surface area contributed by atoms with Gasteiger partial charge < -0.3 is 19.7 Å². The molecule has 0 saturated heterocycles. The fourth-order valence-electron chi connectivity index (χ4n) is 5.42. The average molecular weight is 495 g/mol. The van der Waals surface area contributed by atoms with Crippen molar-refractivity contribution in [2.24, 2.45) is 14.1 Å². The van der Waals surface area contributed by atoms with Gasteiger partial charge in [0.15, 0.2) is 11.5 Å². The minimum Gasteiger partial charge on any atom is -0.504 e. The lowest BCUT2D eigenvalue weighted by molar-refractivity contribution is 0.373. The van der Waals surface area contributed by atoms with E-state index >= 15 is 0 Å².